The fourth-order valence-corrected chi connectivity index (χ4v) is 2.12. The van der Waals surface area contributed by atoms with Crippen LogP contribution in [0.25, 0.3) is 11.4 Å². The maximum absolute atomic E-state index is 11.3. The molecule has 20 heavy (non-hydrogen) atoms. The maximum Gasteiger partial charge on any atom is 0.214 e. The van der Waals surface area contributed by atoms with Gasteiger partial charge in [0.05, 0.1) is 23.6 Å². The Hall–Kier alpha value is -1.94. The van der Waals surface area contributed by atoms with Crippen LogP contribution in [0, 0.1) is 6.92 Å². The molecule has 2 aromatic heterocycles. The fourth-order valence-electron chi connectivity index (χ4n) is 1.83. The molecule has 0 aliphatic rings. The number of halogens is 1. The Morgan fingerprint density at radius 2 is 2.00 bits per heavy atom. The third-order valence-corrected chi connectivity index (χ3v) is 3.02. The zero-order valence-corrected chi connectivity index (χ0v) is 12.4. The molecule has 0 saturated carbocycles. The maximum atomic E-state index is 11.3. The Morgan fingerprint density at radius 1 is 1.25 bits per heavy atom. The van der Waals surface area contributed by atoms with Crippen LogP contribution in [0.4, 0.5) is 0 Å². The van der Waals surface area contributed by atoms with E-state index in [1.165, 1.54) is 6.92 Å². The van der Waals surface area contributed by atoms with E-state index in [0.717, 1.165) is 5.56 Å². The van der Waals surface area contributed by atoms with Crippen molar-refractivity contribution in [3.63, 3.8) is 0 Å². The second-order valence-corrected chi connectivity index (χ2v) is 4.75. The number of nitrogens with zero attached hydrogens (tertiary/aromatic N) is 2. The topological polar surface area (TPSA) is 52.1 Å². The van der Waals surface area contributed by atoms with Gasteiger partial charge in [-0.15, -0.1) is 0 Å². The summed E-state index contributed by atoms with van der Waals surface area (Å²) in [5.74, 6) is 0.442. The van der Waals surface area contributed by atoms with Crippen LogP contribution in [-0.2, 0) is 0 Å². The number of aryl methyl sites for hydroxylation is 1. The van der Waals surface area contributed by atoms with Crippen LogP contribution in [-0.4, -0.2) is 22.4 Å². The van der Waals surface area contributed by atoms with E-state index in [2.05, 4.69) is 9.97 Å². The SMILES string of the molecule is CCOc1cc(C)cc(-c2ccc(C(C)=O)c(Cl)n2)n1. The lowest BCUT2D eigenvalue weighted by Crippen LogP contribution is -1.99. The molecule has 0 amide bonds. The molecule has 0 aliphatic carbocycles. The summed E-state index contributed by atoms with van der Waals surface area (Å²) in [6.45, 7) is 5.87. The first kappa shape index (κ1) is 14.5. The minimum atomic E-state index is -0.110. The average molecular weight is 291 g/mol. The number of pyridine rings is 2. The van der Waals surface area contributed by atoms with Crippen LogP contribution in [0.2, 0.25) is 5.15 Å². The molecule has 0 N–H and O–H groups in total. The predicted octanol–water partition coefficient (Wildman–Crippen LogP) is 3.71. The predicted molar refractivity (Wildman–Crippen MR) is 78.4 cm³/mol. The molecule has 0 aromatic carbocycles. The van der Waals surface area contributed by atoms with Gasteiger partial charge in [0, 0.05) is 6.07 Å². The minimum Gasteiger partial charge on any atom is -0.478 e. The van der Waals surface area contributed by atoms with Gasteiger partial charge in [-0.25, -0.2) is 9.97 Å². The molecule has 0 aliphatic heterocycles. The lowest BCUT2D eigenvalue weighted by atomic mass is 10.1. The van der Waals surface area contributed by atoms with Crippen molar-refractivity contribution in [1.82, 2.24) is 9.97 Å². The van der Waals surface area contributed by atoms with E-state index in [-0.39, 0.29) is 10.9 Å². The number of ether oxygens (including phenoxy) is 1. The third-order valence-electron chi connectivity index (χ3n) is 2.73. The van der Waals surface area contributed by atoms with Crippen molar-refractivity contribution in [2.24, 2.45) is 0 Å². The standard InChI is InChI=1S/C15H15ClN2O2/c1-4-20-14-8-9(2)7-13(17-14)12-6-5-11(10(3)19)15(16)18-12/h5-8H,4H2,1-3H3. The highest BCUT2D eigenvalue weighted by Gasteiger charge is 2.11. The van der Waals surface area contributed by atoms with Gasteiger partial charge in [0.2, 0.25) is 5.88 Å². The lowest BCUT2D eigenvalue weighted by molar-refractivity contribution is 0.101. The molecular weight excluding hydrogens is 276 g/mol. The Labute approximate surface area is 122 Å². The van der Waals surface area contributed by atoms with Gasteiger partial charge in [0.1, 0.15) is 5.15 Å². The largest absolute Gasteiger partial charge is 0.478 e. The smallest absolute Gasteiger partial charge is 0.214 e. The Morgan fingerprint density at radius 3 is 2.60 bits per heavy atom. The highest BCUT2D eigenvalue weighted by molar-refractivity contribution is 6.32. The molecule has 0 saturated heterocycles. The zero-order chi connectivity index (χ0) is 14.7. The van der Waals surface area contributed by atoms with Gasteiger partial charge in [-0.2, -0.15) is 0 Å². The van der Waals surface area contributed by atoms with Crippen LogP contribution >= 0.6 is 11.6 Å². The van der Waals surface area contributed by atoms with Crippen molar-refractivity contribution in [1.29, 1.82) is 0 Å². The monoisotopic (exact) mass is 290 g/mol. The summed E-state index contributed by atoms with van der Waals surface area (Å²) >= 11 is 6.02. The van der Waals surface area contributed by atoms with Crippen LogP contribution in [0.15, 0.2) is 24.3 Å². The first-order chi connectivity index (χ1) is 9.51. The van der Waals surface area contributed by atoms with Gasteiger partial charge in [0.25, 0.3) is 0 Å². The molecule has 0 spiro atoms. The molecule has 104 valence electrons. The van der Waals surface area contributed by atoms with E-state index in [1.54, 1.807) is 12.1 Å². The number of carbonyl (C=O) groups excluding carboxylic acids is 1. The van der Waals surface area contributed by atoms with E-state index in [9.17, 15) is 4.79 Å². The number of ketones is 1. The van der Waals surface area contributed by atoms with Gasteiger partial charge < -0.3 is 4.74 Å². The fraction of sp³-hybridized carbons (Fsp3) is 0.267. The van der Waals surface area contributed by atoms with Crippen LogP contribution < -0.4 is 4.74 Å². The normalized spacial score (nSPS) is 10.4. The number of hydrogen-bond donors (Lipinski definition) is 0. The Balaban J connectivity index is 2.46. The lowest BCUT2D eigenvalue weighted by Gasteiger charge is -2.08. The molecule has 2 rings (SSSR count). The second kappa shape index (κ2) is 6.01. The van der Waals surface area contributed by atoms with Crippen molar-refractivity contribution in [2.75, 3.05) is 6.61 Å². The summed E-state index contributed by atoms with van der Waals surface area (Å²) in [5, 5.41) is 0.191. The van der Waals surface area contributed by atoms with Crippen LogP contribution in [0.1, 0.15) is 29.8 Å². The molecule has 2 aromatic rings. The molecule has 0 bridgehead atoms. The number of aromatic nitrogens is 2. The van der Waals surface area contributed by atoms with Crippen LogP contribution in [0.3, 0.4) is 0 Å². The van der Waals surface area contributed by atoms with Gasteiger partial charge in [-0.05, 0) is 44.5 Å². The van der Waals surface area contributed by atoms with Crippen molar-refractivity contribution in [2.45, 2.75) is 20.8 Å². The summed E-state index contributed by atoms with van der Waals surface area (Å²) in [6.07, 6.45) is 0. The van der Waals surface area contributed by atoms with Gasteiger partial charge in [-0.3, -0.25) is 4.79 Å². The van der Waals surface area contributed by atoms with Crippen molar-refractivity contribution in [3.05, 3.63) is 40.5 Å². The Bertz CT molecular complexity index is 656. The number of rotatable bonds is 4. The summed E-state index contributed by atoms with van der Waals surface area (Å²) in [7, 11) is 0. The average Bonchev–Trinajstić information content (AvgIpc) is 2.37. The summed E-state index contributed by atoms with van der Waals surface area (Å²) in [4.78, 5) is 20.0. The molecule has 2 heterocycles. The molecule has 0 unspecified atom stereocenters. The molecule has 4 nitrogen and oxygen atoms in total. The first-order valence-electron chi connectivity index (χ1n) is 6.30. The number of carbonyl (C=O) groups is 1. The molecule has 0 radical (unpaired) electrons. The van der Waals surface area contributed by atoms with Crippen molar-refractivity contribution < 1.29 is 9.53 Å². The zero-order valence-electron chi connectivity index (χ0n) is 11.6. The molecule has 0 fully saturated rings. The summed E-state index contributed by atoms with van der Waals surface area (Å²) in [5.41, 5.74) is 2.72. The summed E-state index contributed by atoms with van der Waals surface area (Å²) < 4.78 is 5.42. The first-order valence-corrected chi connectivity index (χ1v) is 6.68. The Kier molecular flexibility index (Phi) is 4.35. The van der Waals surface area contributed by atoms with Gasteiger partial charge in [-0.1, -0.05) is 11.6 Å². The van der Waals surface area contributed by atoms with Crippen LogP contribution in [0.5, 0.6) is 5.88 Å². The minimum absolute atomic E-state index is 0.110. The number of hydrogen-bond acceptors (Lipinski definition) is 4. The third kappa shape index (κ3) is 3.14. The highest BCUT2D eigenvalue weighted by Crippen LogP contribution is 2.24. The molecule has 0 atom stereocenters. The van der Waals surface area contributed by atoms with Crippen molar-refractivity contribution in [3.8, 4) is 17.3 Å². The van der Waals surface area contributed by atoms with Crippen molar-refractivity contribution >= 4 is 17.4 Å². The molecular formula is C15H15ClN2O2. The quantitative estimate of drug-likeness (QED) is 0.636. The second-order valence-electron chi connectivity index (χ2n) is 4.39. The van der Waals surface area contributed by atoms with E-state index in [4.69, 9.17) is 16.3 Å². The van der Waals surface area contributed by atoms with E-state index >= 15 is 0 Å². The molecule has 5 heteroatoms. The summed E-state index contributed by atoms with van der Waals surface area (Å²) in [6, 6.07) is 7.16. The number of Topliss-reactive ketones (excluding diaryl/α,β-unsaturated/α-hetero) is 1. The van der Waals surface area contributed by atoms with E-state index in [0.29, 0.717) is 29.4 Å². The van der Waals surface area contributed by atoms with Gasteiger partial charge in [0.15, 0.2) is 5.78 Å². The van der Waals surface area contributed by atoms with E-state index in [1.807, 2.05) is 26.0 Å². The van der Waals surface area contributed by atoms with E-state index < -0.39 is 0 Å². The highest BCUT2D eigenvalue weighted by atomic mass is 35.5. The van der Waals surface area contributed by atoms with Gasteiger partial charge >= 0.3 is 0 Å².